The van der Waals surface area contributed by atoms with Gasteiger partial charge in [0.2, 0.25) is 11.8 Å². The topological polar surface area (TPSA) is 86.7 Å². The smallest absolute Gasteiger partial charge is 0.312 e. The minimum Gasteiger partial charge on any atom is -0.481 e. The van der Waals surface area contributed by atoms with Crippen LogP contribution < -0.4 is 5.32 Å². The average molecular weight is 216 g/mol. The molecule has 1 atom stereocenters. The molecule has 0 aromatic heterocycles. The predicted octanol–water partition coefficient (Wildman–Crippen LogP) is -0.556. The van der Waals surface area contributed by atoms with Crippen molar-refractivity contribution in [2.75, 3.05) is 13.6 Å². The van der Waals surface area contributed by atoms with Crippen LogP contribution in [0.15, 0.2) is 0 Å². The zero-order valence-electron chi connectivity index (χ0n) is 9.11. The summed E-state index contributed by atoms with van der Waals surface area (Å²) in [5.74, 6) is -2.11. The lowest BCUT2D eigenvalue weighted by Gasteiger charge is -2.20. The van der Waals surface area contributed by atoms with Crippen LogP contribution in [-0.4, -0.2) is 47.4 Å². The van der Waals surface area contributed by atoms with E-state index in [0.29, 0.717) is 6.54 Å². The average Bonchev–Trinajstić information content (AvgIpc) is 2.13. The fraction of sp³-hybridized carbons (Fsp3) is 0.667. The lowest BCUT2D eigenvalue weighted by Crippen LogP contribution is -2.45. The Hall–Kier alpha value is -1.59. The van der Waals surface area contributed by atoms with Gasteiger partial charge in [-0.05, 0) is 13.8 Å². The fourth-order valence-corrected chi connectivity index (χ4v) is 0.978. The minimum absolute atomic E-state index is 0.240. The molecule has 0 rings (SSSR count). The fourth-order valence-electron chi connectivity index (χ4n) is 0.978. The molecule has 0 bridgehead atoms. The van der Waals surface area contributed by atoms with Gasteiger partial charge >= 0.3 is 5.97 Å². The van der Waals surface area contributed by atoms with Gasteiger partial charge in [-0.15, -0.1) is 0 Å². The highest BCUT2D eigenvalue weighted by molar-refractivity contribution is 5.95. The van der Waals surface area contributed by atoms with E-state index in [0.717, 1.165) is 0 Å². The number of nitrogens with one attached hydrogen (secondary N) is 1. The Bertz CT molecular complexity index is 265. The van der Waals surface area contributed by atoms with Crippen LogP contribution in [0.3, 0.4) is 0 Å². The number of rotatable bonds is 5. The van der Waals surface area contributed by atoms with Gasteiger partial charge in [0.05, 0.1) is 0 Å². The summed E-state index contributed by atoms with van der Waals surface area (Å²) in [6, 6.07) is -0.693. The molecule has 6 heteroatoms. The maximum Gasteiger partial charge on any atom is 0.312 e. The van der Waals surface area contributed by atoms with Crippen LogP contribution in [-0.2, 0) is 14.4 Å². The monoisotopic (exact) mass is 216 g/mol. The summed E-state index contributed by atoms with van der Waals surface area (Å²) in [4.78, 5) is 34.1. The van der Waals surface area contributed by atoms with Crippen molar-refractivity contribution in [3.05, 3.63) is 0 Å². The van der Waals surface area contributed by atoms with E-state index in [1.165, 1.54) is 11.8 Å². The maximum atomic E-state index is 11.5. The summed E-state index contributed by atoms with van der Waals surface area (Å²) in [7, 11) is 1.61. The molecular formula is C9H16N2O4. The molecule has 0 radical (unpaired) electrons. The van der Waals surface area contributed by atoms with Crippen molar-refractivity contribution in [1.82, 2.24) is 10.2 Å². The highest BCUT2D eigenvalue weighted by Crippen LogP contribution is 1.92. The van der Waals surface area contributed by atoms with Crippen molar-refractivity contribution < 1.29 is 19.5 Å². The van der Waals surface area contributed by atoms with E-state index in [2.05, 4.69) is 5.32 Å². The molecule has 0 aliphatic rings. The van der Waals surface area contributed by atoms with Crippen LogP contribution >= 0.6 is 0 Å². The van der Waals surface area contributed by atoms with E-state index < -0.39 is 24.3 Å². The van der Waals surface area contributed by atoms with Crippen LogP contribution in [0, 0.1) is 0 Å². The number of carboxylic acids is 1. The molecule has 1 unspecified atom stereocenters. The van der Waals surface area contributed by atoms with E-state index >= 15 is 0 Å². The third-order valence-corrected chi connectivity index (χ3v) is 1.91. The van der Waals surface area contributed by atoms with Crippen LogP contribution in [0.25, 0.3) is 0 Å². The summed E-state index contributed by atoms with van der Waals surface area (Å²) in [6.07, 6.45) is -0.618. The lowest BCUT2D eigenvalue weighted by molar-refractivity contribution is -0.142. The molecule has 0 spiro atoms. The van der Waals surface area contributed by atoms with Gasteiger partial charge in [-0.25, -0.2) is 0 Å². The predicted molar refractivity (Wildman–Crippen MR) is 53.2 cm³/mol. The van der Waals surface area contributed by atoms with Gasteiger partial charge in [-0.2, -0.15) is 0 Å². The second-order valence-electron chi connectivity index (χ2n) is 3.21. The van der Waals surface area contributed by atoms with Gasteiger partial charge < -0.3 is 15.3 Å². The Labute approximate surface area is 88.2 Å². The highest BCUT2D eigenvalue weighted by atomic mass is 16.4. The quantitative estimate of drug-likeness (QED) is 0.603. The van der Waals surface area contributed by atoms with Crippen molar-refractivity contribution in [3.8, 4) is 0 Å². The molecular weight excluding hydrogens is 200 g/mol. The molecule has 0 aromatic rings. The molecule has 0 aromatic carbocycles. The van der Waals surface area contributed by atoms with Gasteiger partial charge in [-0.3, -0.25) is 14.4 Å². The van der Waals surface area contributed by atoms with Crippen LogP contribution in [0.4, 0.5) is 0 Å². The number of amides is 2. The Morgan fingerprint density at radius 1 is 1.40 bits per heavy atom. The molecule has 0 aliphatic heterocycles. The van der Waals surface area contributed by atoms with E-state index in [4.69, 9.17) is 5.11 Å². The second-order valence-corrected chi connectivity index (χ2v) is 3.21. The lowest BCUT2D eigenvalue weighted by atomic mass is 10.2. The zero-order valence-corrected chi connectivity index (χ0v) is 9.11. The van der Waals surface area contributed by atoms with Crippen LogP contribution in [0.1, 0.15) is 20.3 Å². The molecule has 86 valence electrons. The van der Waals surface area contributed by atoms with E-state index in [-0.39, 0.29) is 5.91 Å². The number of hydrogen-bond acceptors (Lipinski definition) is 3. The SMILES string of the molecule is CCN(C)C(=O)C(C)NC(=O)CC(=O)O. The van der Waals surface area contributed by atoms with Gasteiger partial charge in [0.15, 0.2) is 0 Å². The van der Waals surface area contributed by atoms with E-state index in [9.17, 15) is 14.4 Å². The molecule has 0 saturated heterocycles. The first-order chi connectivity index (χ1) is 6.88. The first-order valence-electron chi connectivity index (χ1n) is 4.64. The number of aliphatic carboxylic acids is 1. The molecule has 15 heavy (non-hydrogen) atoms. The number of nitrogens with zero attached hydrogens (tertiary/aromatic N) is 1. The van der Waals surface area contributed by atoms with Crippen LogP contribution in [0.5, 0.6) is 0 Å². The number of hydrogen-bond donors (Lipinski definition) is 2. The summed E-state index contributed by atoms with van der Waals surface area (Å²) < 4.78 is 0. The molecule has 0 saturated carbocycles. The molecule has 2 N–H and O–H groups in total. The van der Waals surface area contributed by atoms with Gasteiger partial charge in [-0.1, -0.05) is 0 Å². The van der Waals surface area contributed by atoms with E-state index in [1.807, 2.05) is 6.92 Å². The van der Waals surface area contributed by atoms with Gasteiger partial charge in [0.1, 0.15) is 12.5 Å². The summed E-state index contributed by atoms with van der Waals surface area (Å²) >= 11 is 0. The minimum atomic E-state index is -1.21. The standard InChI is InChI=1S/C9H16N2O4/c1-4-11(3)9(15)6(2)10-7(12)5-8(13)14/h6H,4-5H2,1-3H3,(H,10,12)(H,13,14). The molecule has 0 heterocycles. The molecule has 2 amide bonds. The second kappa shape index (κ2) is 6.00. The Balaban J connectivity index is 4.12. The Morgan fingerprint density at radius 3 is 2.33 bits per heavy atom. The van der Waals surface area contributed by atoms with Crippen molar-refractivity contribution >= 4 is 17.8 Å². The number of carboxylic acid groups (broad SMARTS) is 1. The van der Waals surface area contributed by atoms with E-state index in [1.54, 1.807) is 7.05 Å². The van der Waals surface area contributed by atoms with Crippen molar-refractivity contribution in [1.29, 1.82) is 0 Å². The van der Waals surface area contributed by atoms with Gasteiger partial charge in [0.25, 0.3) is 0 Å². The third kappa shape index (κ3) is 4.99. The van der Waals surface area contributed by atoms with Crippen molar-refractivity contribution in [2.45, 2.75) is 26.3 Å². The molecule has 0 aliphatic carbocycles. The molecule has 6 nitrogen and oxygen atoms in total. The Kier molecular flexibility index (Phi) is 5.36. The first-order valence-corrected chi connectivity index (χ1v) is 4.64. The van der Waals surface area contributed by atoms with Crippen LogP contribution in [0.2, 0.25) is 0 Å². The summed E-state index contributed by atoms with van der Waals surface area (Å²) in [5.41, 5.74) is 0. The Morgan fingerprint density at radius 2 is 1.93 bits per heavy atom. The normalized spacial score (nSPS) is 11.7. The van der Waals surface area contributed by atoms with Gasteiger partial charge in [0, 0.05) is 13.6 Å². The summed E-state index contributed by atoms with van der Waals surface area (Å²) in [6.45, 7) is 3.87. The van der Waals surface area contributed by atoms with Crippen molar-refractivity contribution in [2.24, 2.45) is 0 Å². The third-order valence-electron chi connectivity index (χ3n) is 1.91. The first kappa shape index (κ1) is 13.4. The maximum absolute atomic E-state index is 11.5. The zero-order chi connectivity index (χ0) is 12.0. The largest absolute Gasteiger partial charge is 0.481 e. The van der Waals surface area contributed by atoms with Crippen molar-refractivity contribution in [3.63, 3.8) is 0 Å². The highest BCUT2D eigenvalue weighted by Gasteiger charge is 2.19. The number of likely N-dealkylation sites (N-methyl/N-ethyl adjacent to an activating group) is 1. The number of carbonyl (C=O) groups is 3. The summed E-state index contributed by atoms with van der Waals surface area (Å²) in [5, 5.41) is 10.6. The molecule has 0 fully saturated rings. The number of carbonyl (C=O) groups excluding carboxylic acids is 2.